The van der Waals surface area contributed by atoms with Crippen LogP contribution in [0.25, 0.3) is 0 Å². The number of nitrogen functional groups attached to an aromatic ring is 1. The zero-order chi connectivity index (χ0) is 14.7. The summed E-state index contributed by atoms with van der Waals surface area (Å²) in [4.78, 5) is 12.1. The molecule has 0 atom stereocenters. The molecule has 5 heteroatoms. The number of carbonyl (C=O) groups excluding carboxylic acids is 1. The molecule has 0 unspecified atom stereocenters. The van der Waals surface area contributed by atoms with Crippen molar-refractivity contribution in [2.75, 3.05) is 5.73 Å². The van der Waals surface area contributed by atoms with Gasteiger partial charge in [0.25, 0.3) is 0 Å². The number of hydrogen-bond donors (Lipinski definition) is 2. The quantitative estimate of drug-likeness (QED) is 0.666. The first-order valence-electron chi connectivity index (χ1n) is 5.98. The Bertz CT molecular complexity index is 638. The van der Waals surface area contributed by atoms with E-state index >= 15 is 0 Å². The van der Waals surface area contributed by atoms with Crippen molar-refractivity contribution in [3.63, 3.8) is 0 Å². The molecule has 0 bridgehead atoms. The number of carbonyl (C=O) groups is 1. The number of benzene rings is 2. The molecule has 3 N–H and O–H groups in total. The molecule has 4 nitrogen and oxygen atoms in total. The van der Waals surface area contributed by atoms with Crippen molar-refractivity contribution in [3.8, 4) is 5.75 Å². The number of phenols is 1. The van der Waals surface area contributed by atoms with Crippen LogP contribution in [-0.4, -0.2) is 11.1 Å². The second-order valence-corrected chi connectivity index (χ2v) is 5.33. The highest BCUT2D eigenvalue weighted by Crippen LogP contribution is 2.23. The Morgan fingerprint density at radius 2 is 1.95 bits per heavy atom. The summed E-state index contributed by atoms with van der Waals surface area (Å²) in [5, 5.41) is 9.18. The summed E-state index contributed by atoms with van der Waals surface area (Å²) in [6, 6.07) is 9.92. The lowest BCUT2D eigenvalue weighted by Gasteiger charge is -2.10. The van der Waals surface area contributed by atoms with Crippen LogP contribution in [0.4, 0.5) is 5.69 Å². The van der Waals surface area contributed by atoms with Crippen molar-refractivity contribution < 1.29 is 14.6 Å². The number of nitrogens with two attached hydrogens (primary N) is 1. The number of esters is 1. The highest BCUT2D eigenvalue weighted by Gasteiger charge is 2.13. The van der Waals surface area contributed by atoms with Crippen LogP contribution in [-0.2, 0) is 11.3 Å². The molecule has 0 saturated carbocycles. The van der Waals surface area contributed by atoms with E-state index in [9.17, 15) is 9.90 Å². The molecule has 0 fully saturated rings. The summed E-state index contributed by atoms with van der Waals surface area (Å²) < 4.78 is 5.98. The molecular formula is C15H14BrNO3. The average molecular weight is 336 g/mol. The molecule has 0 aliphatic rings. The van der Waals surface area contributed by atoms with Crippen LogP contribution in [0.2, 0.25) is 0 Å². The molecule has 2 aromatic rings. The van der Waals surface area contributed by atoms with Crippen molar-refractivity contribution in [2.24, 2.45) is 0 Å². The number of halogens is 1. The molecule has 0 spiro atoms. The maximum Gasteiger partial charge on any atom is 0.338 e. The van der Waals surface area contributed by atoms with Gasteiger partial charge in [0.1, 0.15) is 12.4 Å². The van der Waals surface area contributed by atoms with Crippen molar-refractivity contribution in [2.45, 2.75) is 13.5 Å². The zero-order valence-electron chi connectivity index (χ0n) is 10.9. The molecule has 0 amide bonds. The summed E-state index contributed by atoms with van der Waals surface area (Å²) in [6.07, 6.45) is 0. The summed E-state index contributed by atoms with van der Waals surface area (Å²) in [6.45, 7) is 1.92. The molecule has 0 saturated heterocycles. The average Bonchev–Trinajstić information content (AvgIpc) is 2.42. The molecule has 0 aliphatic heterocycles. The van der Waals surface area contributed by atoms with E-state index in [-0.39, 0.29) is 12.4 Å². The SMILES string of the molecule is Cc1c(N)cc(Br)cc1C(=O)OCc1ccc(O)cc1. The van der Waals surface area contributed by atoms with Gasteiger partial charge in [0.2, 0.25) is 0 Å². The van der Waals surface area contributed by atoms with E-state index in [1.165, 1.54) is 0 Å². The zero-order valence-corrected chi connectivity index (χ0v) is 12.5. The van der Waals surface area contributed by atoms with E-state index in [4.69, 9.17) is 10.5 Å². The molecule has 2 rings (SSSR count). The van der Waals surface area contributed by atoms with E-state index in [0.717, 1.165) is 10.0 Å². The van der Waals surface area contributed by atoms with Crippen molar-refractivity contribution in [1.29, 1.82) is 0 Å². The molecule has 104 valence electrons. The number of rotatable bonds is 3. The summed E-state index contributed by atoms with van der Waals surface area (Å²) >= 11 is 3.30. The van der Waals surface area contributed by atoms with Crippen LogP contribution < -0.4 is 5.73 Å². The summed E-state index contributed by atoms with van der Waals surface area (Å²) in [7, 11) is 0. The van der Waals surface area contributed by atoms with Crippen molar-refractivity contribution in [1.82, 2.24) is 0 Å². The first-order valence-corrected chi connectivity index (χ1v) is 6.77. The lowest BCUT2D eigenvalue weighted by Crippen LogP contribution is -2.08. The van der Waals surface area contributed by atoms with Crippen LogP contribution in [0.15, 0.2) is 40.9 Å². The van der Waals surface area contributed by atoms with Gasteiger partial charge in [-0.25, -0.2) is 4.79 Å². The Labute approximate surface area is 125 Å². The highest BCUT2D eigenvalue weighted by molar-refractivity contribution is 9.10. The van der Waals surface area contributed by atoms with E-state index in [1.807, 2.05) is 0 Å². The van der Waals surface area contributed by atoms with Gasteiger partial charge in [-0.15, -0.1) is 0 Å². The first kappa shape index (κ1) is 14.4. The fraction of sp³-hybridized carbons (Fsp3) is 0.133. The van der Waals surface area contributed by atoms with Gasteiger partial charge in [-0.1, -0.05) is 28.1 Å². The molecular weight excluding hydrogens is 322 g/mol. The van der Waals surface area contributed by atoms with Gasteiger partial charge in [-0.05, 0) is 42.3 Å². The number of hydrogen-bond acceptors (Lipinski definition) is 4. The van der Waals surface area contributed by atoms with E-state index in [0.29, 0.717) is 16.8 Å². The minimum Gasteiger partial charge on any atom is -0.508 e. The largest absolute Gasteiger partial charge is 0.508 e. The van der Waals surface area contributed by atoms with Crippen LogP contribution in [0.5, 0.6) is 5.75 Å². The van der Waals surface area contributed by atoms with Gasteiger partial charge in [-0.2, -0.15) is 0 Å². The third-order valence-electron chi connectivity index (χ3n) is 2.94. The van der Waals surface area contributed by atoms with Gasteiger partial charge in [-0.3, -0.25) is 0 Å². The second-order valence-electron chi connectivity index (χ2n) is 4.41. The van der Waals surface area contributed by atoms with E-state index < -0.39 is 5.97 Å². The molecule has 0 aromatic heterocycles. The van der Waals surface area contributed by atoms with E-state index in [2.05, 4.69) is 15.9 Å². The second kappa shape index (κ2) is 5.96. The standard InChI is InChI=1S/C15H14BrNO3/c1-9-13(6-11(16)7-14(9)17)15(19)20-8-10-2-4-12(18)5-3-10/h2-7,18H,8,17H2,1H3. The Kier molecular flexibility index (Phi) is 4.29. The van der Waals surface area contributed by atoms with Crippen LogP contribution in [0.1, 0.15) is 21.5 Å². The van der Waals surface area contributed by atoms with Gasteiger partial charge in [0.05, 0.1) is 5.56 Å². The van der Waals surface area contributed by atoms with Crippen molar-refractivity contribution in [3.05, 3.63) is 57.6 Å². The minimum atomic E-state index is -0.427. The van der Waals surface area contributed by atoms with Gasteiger partial charge in [0, 0.05) is 10.2 Å². The predicted octanol–water partition coefficient (Wildman–Crippen LogP) is 3.40. The maximum absolute atomic E-state index is 12.1. The Morgan fingerprint density at radius 1 is 1.30 bits per heavy atom. The Balaban J connectivity index is 2.11. The lowest BCUT2D eigenvalue weighted by molar-refractivity contribution is 0.0472. The van der Waals surface area contributed by atoms with Gasteiger partial charge < -0.3 is 15.6 Å². The fourth-order valence-electron chi connectivity index (χ4n) is 1.73. The van der Waals surface area contributed by atoms with Crippen LogP contribution >= 0.6 is 15.9 Å². The highest BCUT2D eigenvalue weighted by atomic mass is 79.9. The molecule has 20 heavy (non-hydrogen) atoms. The van der Waals surface area contributed by atoms with Gasteiger partial charge in [0.15, 0.2) is 0 Å². The van der Waals surface area contributed by atoms with Crippen molar-refractivity contribution >= 4 is 27.6 Å². The van der Waals surface area contributed by atoms with E-state index in [1.54, 1.807) is 43.3 Å². The predicted molar refractivity (Wildman–Crippen MR) is 80.5 cm³/mol. The lowest BCUT2D eigenvalue weighted by atomic mass is 10.1. The molecule has 0 aliphatic carbocycles. The normalized spacial score (nSPS) is 10.3. The van der Waals surface area contributed by atoms with Crippen LogP contribution in [0.3, 0.4) is 0 Å². The minimum absolute atomic E-state index is 0.144. The third-order valence-corrected chi connectivity index (χ3v) is 3.40. The monoisotopic (exact) mass is 335 g/mol. The Hall–Kier alpha value is -2.01. The van der Waals surface area contributed by atoms with Gasteiger partial charge >= 0.3 is 5.97 Å². The molecule has 0 heterocycles. The number of phenolic OH excluding ortho intramolecular Hbond substituents is 1. The topological polar surface area (TPSA) is 72.6 Å². The number of anilines is 1. The molecule has 0 radical (unpaired) electrons. The summed E-state index contributed by atoms with van der Waals surface area (Å²) in [5.74, 6) is -0.251. The Morgan fingerprint density at radius 3 is 2.60 bits per heavy atom. The first-order chi connectivity index (χ1) is 9.47. The summed E-state index contributed by atoms with van der Waals surface area (Å²) in [5.41, 5.74) is 8.30. The maximum atomic E-state index is 12.1. The fourth-order valence-corrected chi connectivity index (χ4v) is 2.21. The molecule has 2 aromatic carbocycles. The smallest absolute Gasteiger partial charge is 0.338 e. The number of ether oxygens (including phenoxy) is 1. The third kappa shape index (κ3) is 3.30. The number of aromatic hydroxyl groups is 1. The van der Waals surface area contributed by atoms with Crippen LogP contribution in [0, 0.1) is 6.92 Å².